The summed E-state index contributed by atoms with van der Waals surface area (Å²) in [6.07, 6.45) is -4.36. The van der Waals surface area contributed by atoms with Gasteiger partial charge in [0.15, 0.2) is 0 Å². The quantitative estimate of drug-likeness (QED) is 0.818. The Kier molecular flexibility index (Phi) is 3.97. The van der Waals surface area contributed by atoms with E-state index in [1.54, 1.807) is 6.07 Å². The molecule has 0 spiro atoms. The Morgan fingerprint density at radius 3 is 2.61 bits per heavy atom. The van der Waals surface area contributed by atoms with E-state index in [4.69, 9.17) is 0 Å². The Bertz CT molecular complexity index is 523. The van der Waals surface area contributed by atoms with Crippen molar-refractivity contribution in [1.82, 2.24) is 0 Å². The fourth-order valence-corrected chi connectivity index (χ4v) is 2.51. The molecule has 0 aliphatic rings. The fraction of sp³-hybridized carbons (Fsp3) is 0.167. The molecule has 0 aliphatic carbocycles. The van der Waals surface area contributed by atoms with E-state index in [1.807, 2.05) is 17.5 Å². The van der Waals surface area contributed by atoms with E-state index in [0.29, 0.717) is 11.0 Å². The minimum absolute atomic E-state index is 0.0964. The Morgan fingerprint density at radius 1 is 1.22 bits per heavy atom. The lowest BCUT2D eigenvalue weighted by atomic mass is 10.1. The van der Waals surface area contributed by atoms with Crippen molar-refractivity contribution < 1.29 is 13.2 Å². The van der Waals surface area contributed by atoms with Gasteiger partial charge < -0.3 is 5.32 Å². The molecule has 1 aromatic carbocycles. The van der Waals surface area contributed by atoms with Crippen LogP contribution in [0.3, 0.4) is 0 Å². The van der Waals surface area contributed by atoms with Crippen molar-refractivity contribution in [3.8, 4) is 0 Å². The molecule has 6 heteroatoms. The monoisotopic (exact) mass is 335 g/mol. The molecule has 0 saturated carbocycles. The van der Waals surface area contributed by atoms with E-state index in [0.717, 1.165) is 10.9 Å². The summed E-state index contributed by atoms with van der Waals surface area (Å²) in [4.78, 5) is 0.992. The minimum Gasteiger partial charge on any atom is -0.380 e. The molecule has 0 radical (unpaired) electrons. The molecule has 0 atom stereocenters. The van der Waals surface area contributed by atoms with Crippen molar-refractivity contribution in [2.75, 3.05) is 5.32 Å². The molecule has 1 N–H and O–H groups in total. The van der Waals surface area contributed by atoms with Crippen LogP contribution in [-0.2, 0) is 12.7 Å². The molecule has 0 aliphatic heterocycles. The highest BCUT2D eigenvalue weighted by atomic mass is 79.9. The number of halogens is 4. The van der Waals surface area contributed by atoms with Crippen LogP contribution in [0.4, 0.5) is 18.9 Å². The second kappa shape index (κ2) is 5.32. The number of nitrogens with one attached hydrogen (secondary N) is 1. The van der Waals surface area contributed by atoms with Crippen molar-refractivity contribution in [3.63, 3.8) is 0 Å². The van der Waals surface area contributed by atoms with Crippen LogP contribution in [0, 0.1) is 0 Å². The van der Waals surface area contributed by atoms with Crippen LogP contribution < -0.4 is 5.32 Å². The van der Waals surface area contributed by atoms with Gasteiger partial charge in [0.25, 0.3) is 0 Å². The maximum absolute atomic E-state index is 12.8. The maximum Gasteiger partial charge on any atom is 0.418 e. The van der Waals surface area contributed by atoms with Gasteiger partial charge in [-0.1, -0.05) is 22.0 Å². The predicted molar refractivity (Wildman–Crippen MR) is 70.8 cm³/mol. The van der Waals surface area contributed by atoms with Crippen molar-refractivity contribution in [3.05, 3.63) is 50.6 Å². The summed E-state index contributed by atoms with van der Waals surface area (Å²) in [6.45, 7) is 0.391. The molecule has 1 aromatic heterocycles. The molecule has 18 heavy (non-hydrogen) atoms. The van der Waals surface area contributed by atoms with Crippen molar-refractivity contribution in [2.45, 2.75) is 12.7 Å². The summed E-state index contributed by atoms with van der Waals surface area (Å²) in [5.41, 5.74) is -0.562. The van der Waals surface area contributed by atoms with E-state index >= 15 is 0 Å². The minimum atomic E-state index is -4.36. The molecule has 0 fully saturated rings. The summed E-state index contributed by atoms with van der Waals surface area (Å²) < 4.78 is 38.9. The predicted octanol–water partition coefficient (Wildman–Crippen LogP) is 5.14. The highest BCUT2D eigenvalue weighted by Crippen LogP contribution is 2.36. The van der Waals surface area contributed by atoms with Crippen molar-refractivity contribution >= 4 is 33.0 Å². The Balaban J connectivity index is 2.22. The molecular weight excluding hydrogens is 327 g/mol. The standard InChI is InChI=1S/C12H9BrF3NS/c13-8-3-4-11(10(6-8)12(14,15)16)17-7-9-2-1-5-18-9/h1-6,17H,7H2. The first kappa shape index (κ1) is 13.4. The SMILES string of the molecule is FC(F)(F)c1cc(Br)ccc1NCc1cccs1. The van der Waals surface area contributed by atoms with Crippen LogP contribution in [0.25, 0.3) is 0 Å². The van der Waals surface area contributed by atoms with Gasteiger partial charge in [-0.25, -0.2) is 0 Å². The molecule has 2 aromatic rings. The number of benzene rings is 1. The van der Waals surface area contributed by atoms with Gasteiger partial charge in [0.2, 0.25) is 0 Å². The molecule has 0 bridgehead atoms. The third kappa shape index (κ3) is 3.26. The Labute approximate surface area is 115 Å². The summed E-state index contributed by atoms with van der Waals surface area (Å²) in [6, 6.07) is 7.85. The second-order valence-electron chi connectivity index (χ2n) is 3.62. The van der Waals surface area contributed by atoms with Crippen LogP contribution in [0.1, 0.15) is 10.4 Å². The van der Waals surface area contributed by atoms with Crippen LogP contribution in [0.2, 0.25) is 0 Å². The van der Waals surface area contributed by atoms with Crippen molar-refractivity contribution in [1.29, 1.82) is 0 Å². The average Bonchev–Trinajstić information content (AvgIpc) is 2.79. The van der Waals surface area contributed by atoms with Gasteiger partial charge >= 0.3 is 6.18 Å². The zero-order chi connectivity index (χ0) is 13.2. The molecule has 1 nitrogen and oxygen atoms in total. The lowest BCUT2D eigenvalue weighted by molar-refractivity contribution is -0.137. The largest absolute Gasteiger partial charge is 0.418 e. The van der Waals surface area contributed by atoms with E-state index in [1.165, 1.54) is 17.4 Å². The van der Waals surface area contributed by atoms with Crippen LogP contribution in [0.15, 0.2) is 40.2 Å². The molecule has 0 saturated heterocycles. The van der Waals surface area contributed by atoms with E-state index in [2.05, 4.69) is 21.2 Å². The molecule has 0 unspecified atom stereocenters. The van der Waals surface area contributed by atoms with Crippen molar-refractivity contribution in [2.24, 2.45) is 0 Å². The third-order valence-electron chi connectivity index (χ3n) is 2.32. The fourth-order valence-electron chi connectivity index (χ4n) is 1.50. The first-order valence-corrected chi connectivity index (χ1v) is 6.77. The molecule has 2 rings (SSSR count). The van der Waals surface area contributed by atoms with Gasteiger partial charge in [0.1, 0.15) is 0 Å². The highest BCUT2D eigenvalue weighted by Gasteiger charge is 2.33. The number of anilines is 1. The number of alkyl halides is 3. The molecule has 0 amide bonds. The first-order valence-electron chi connectivity index (χ1n) is 5.10. The van der Waals surface area contributed by atoms with Gasteiger partial charge in [-0.3, -0.25) is 0 Å². The van der Waals surface area contributed by atoms with Gasteiger partial charge in [0.05, 0.1) is 5.56 Å². The Hall–Kier alpha value is -1.01. The zero-order valence-corrected chi connectivity index (χ0v) is 11.5. The number of thiophene rings is 1. The van der Waals surface area contributed by atoms with E-state index < -0.39 is 11.7 Å². The lowest BCUT2D eigenvalue weighted by Crippen LogP contribution is -2.10. The van der Waals surface area contributed by atoms with Crippen LogP contribution >= 0.6 is 27.3 Å². The first-order chi connectivity index (χ1) is 8.47. The van der Waals surface area contributed by atoms with Crippen LogP contribution in [-0.4, -0.2) is 0 Å². The van der Waals surface area contributed by atoms with E-state index in [9.17, 15) is 13.2 Å². The number of hydrogen-bond acceptors (Lipinski definition) is 2. The number of rotatable bonds is 3. The number of hydrogen-bond donors (Lipinski definition) is 1. The summed E-state index contributed by atoms with van der Waals surface area (Å²) in [7, 11) is 0. The smallest absolute Gasteiger partial charge is 0.380 e. The van der Waals surface area contributed by atoms with Gasteiger partial charge in [0, 0.05) is 21.6 Å². The average molecular weight is 336 g/mol. The lowest BCUT2D eigenvalue weighted by Gasteiger charge is -2.14. The van der Waals surface area contributed by atoms with Gasteiger partial charge in [-0.15, -0.1) is 11.3 Å². The topological polar surface area (TPSA) is 12.0 Å². The zero-order valence-electron chi connectivity index (χ0n) is 9.09. The molecular formula is C12H9BrF3NS. The summed E-state index contributed by atoms with van der Waals surface area (Å²) in [5.74, 6) is 0. The highest BCUT2D eigenvalue weighted by molar-refractivity contribution is 9.10. The molecule has 96 valence electrons. The van der Waals surface area contributed by atoms with Crippen LogP contribution in [0.5, 0.6) is 0 Å². The molecule has 1 heterocycles. The van der Waals surface area contributed by atoms with Gasteiger partial charge in [-0.2, -0.15) is 13.2 Å². The summed E-state index contributed by atoms with van der Waals surface area (Å²) in [5, 5.41) is 4.71. The Morgan fingerprint density at radius 2 is 2.00 bits per heavy atom. The van der Waals surface area contributed by atoms with Gasteiger partial charge in [-0.05, 0) is 29.6 Å². The third-order valence-corrected chi connectivity index (χ3v) is 3.69. The van der Waals surface area contributed by atoms with E-state index in [-0.39, 0.29) is 5.69 Å². The normalized spacial score (nSPS) is 11.6. The second-order valence-corrected chi connectivity index (χ2v) is 5.57. The summed E-state index contributed by atoms with van der Waals surface area (Å²) >= 11 is 4.56. The maximum atomic E-state index is 12.8.